The predicted octanol–water partition coefficient (Wildman–Crippen LogP) is 2.52. The highest BCUT2D eigenvalue weighted by Crippen LogP contribution is 2.30. The molecule has 1 saturated heterocycles. The van der Waals surface area contributed by atoms with E-state index in [0.29, 0.717) is 11.7 Å². The number of hydrogen-bond acceptors (Lipinski definition) is 5. The van der Waals surface area contributed by atoms with Crippen molar-refractivity contribution < 1.29 is 5.11 Å². The van der Waals surface area contributed by atoms with Crippen LogP contribution in [0.2, 0.25) is 0 Å². The number of aromatic hydroxyl groups is 1. The molecule has 0 atom stereocenters. The fourth-order valence-corrected chi connectivity index (χ4v) is 3.24. The molecule has 1 aromatic carbocycles. The van der Waals surface area contributed by atoms with Crippen LogP contribution in [0.15, 0.2) is 36.4 Å². The van der Waals surface area contributed by atoms with Crippen molar-refractivity contribution in [2.24, 2.45) is 0 Å². The molecule has 3 aromatic rings. The largest absolute Gasteiger partial charge is 0.508 e. The Hall–Kier alpha value is -2.63. The van der Waals surface area contributed by atoms with E-state index in [1.807, 2.05) is 31.2 Å². The molecule has 0 spiro atoms. The zero-order valence-electron chi connectivity index (χ0n) is 13.1. The first-order chi connectivity index (χ1) is 11.2. The molecule has 4 rings (SSSR count). The summed E-state index contributed by atoms with van der Waals surface area (Å²) in [6.07, 6.45) is 2.18. The van der Waals surface area contributed by atoms with Gasteiger partial charge in [-0.05, 0) is 55.5 Å². The lowest BCUT2D eigenvalue weighted by atomic mass is 9.89. The molecular weight excluding hydrogens is 290 g/mol. The van der Waals surface area contributed by atoms with Crippen LogP contribution >= 0.6 is 0 Å². The van der Waals surface area contributed by atoms with Crippen molar-refractivity contribution in [1.29, 1.82) is 0 Å². The molecular formula is C17H19N5O. The molecule has 1 fully saturated rings. The number of benzene rings is 1. The SMILES string of the molecule is Cc1nnc2ccc(N3CCC(c4ccc(O)cc4)CC3)nn12. The highest BCUT2D eigenvalue weighted by Gasteiger charge is 2.22. The summed E-state index contributed by atoms with van der Waals surface area (Å²) in [5, 5.41) is 22.2. The molecule has 0 saturated carbocycles. The molecule has 0 amide bonds. The van der Waals surface area contributed by atoms with Gasteiger partial charge in [0.05, 0.1) is 0 Å². The van der Waals surface area contributed by atoms with Gasteiger partial charge in [-0.25, -0.2) is 0 Å². The van der Waals surface area contributed by atoms with Crippen molar-refractivity contribution in [3.63, 3.8) is 0 Å². The molecule has 0 unspecified atom stereocenters. The van der Waals surface area contributed by atoms with Crippen LogP contribution in [0.1, 0.15) is 30.1 Å². The molecule has 6 nitrogen and oxygen atoms in total. The van der Waals surface area contributed by atoms with Crippen LogP contribution in [0, 0.1) is 6.92 Å². The Kier molecular flexibility index (Phi) is 3.37. The second-order valence-electron chi connectivity index (χ2n) is 6.06. The summed E-state index contributed by atoms with van der Waals surface area (Å²) >= 11 is 0. The standard InChI is InChI=1S/C17H19N5O/c1-12-18-19-16-6-7-17(20-22(12)16)21-10-8-14(9-11-21)13-2-4-15(23)5-3-13/h2-7,14,23H,8-11H2,1H3. The van der Waals surface area contributed by atoms with E-state index in [9.17, 15) is 5.11 Å². The Morgan fingerprint density at radius 1 is 1.00 bits per heavy atom. The molecule has 0 bridgehead atoms. The summed E-state index contributed by atoms with van der Waals surface area (Å²) in [7, 11) is 0. The second-order valence-corrected chi connectivity index (χ2v) is 6.06. The first-order valence-corrected chi connectivity index (χ1v) is 7.93. The fourth-order valence-electron chi connectivity index (χ4n) is 3.24. The van der Waals surface area contributed by atoms with E-state index >= 15 is 0 Å². The van der Waals surface area contributed by atoms with Gasteiger partial charge in [-0.2, -0.15) is 4.52 Å². The summed E-state index contributed by atoms with van der Waals surface area (Å²) in [5.41, 5.74) is 2.09. The molecule has 2 aromatic heterocycles. The minimum atomic E-state index is 0.327. The van der Waals surface area contributed by atoms with Crippen molar-refractivity contribution >= 4 is 11.5 Å². The molecule has 0 radical (unpaired) electrons. The lowest BCUT2D eigenvalue weighted by molar-refractivity contribution is 0.472. The molecule has 1 N–H and O–H groups in total. The quantitative estimate of drug-likeness (QED) is 0.788. The molecule has 118 valence electrons. The maximum atomic E-state index is 9.41. The topological polar surface area (TPSA) is 66.5 Å². The summed E-state index contributed by atoms with van der Waals surface area (Å²) in [6, 6.07) is 11.6. The molecule has 3 heterocycles. The number of phenolic OH excluding ortho intramolecular Hbond substituents is 1. The summed E-state index contributed by atoms with van der Waals surface area (Å²) < 4.78 is 1.79. The van der Waals surface area contributed by atoms with Gasteiger partial charge in [0.15, 0.2) is 11.5 Å². The van der Waals surface area contributed by atoms with Gasteiger partial charge < -0.3 is 10.0 Å². The number of fused-ring (bicyclic) bond motifs is 1. The van der Waals surface area contributed by atoms with Gasteiger partial charge in [0.2, 0.25) is 0 Å². The number of hydrogen-bond donors (Lipinski definition) is 1. The van der Waals surface area contributed by atoms with Gasteiger partial charge in [0.25, 0.3) is 0 Å². The molecule has 1 aliphatic rings. The maximum Gasteiger partial charge on any atom is 0.178 e. The fraction of sp³-hybridized carbons (Fsp3) is 0.353. The molecule has 0 aliphatic carbocycles. The van der Waals surface area contributed by atoms with Crippen molar-refractivity contribution in [3.8, 4) is 5.75 Å². The van der Waals surface area contributed by atoms with E-state index < -0.39 is 0 Å². The van der Waals surface area contributed by atoms with E-state index in [1.165, 1.54) is 5.56 Å². The minimum Gasteiger partial charge on any atom is -0.508 e. The zero-order valence-corrected chi connectivity index (χ0v) is 13.1. The lowest BCUT2D eigenvalue weighted by Gasteiger charge is -2.32. The third-order valence-corrected chi connectivity index (χ3v) is 4.59. The lowest BCUT2D eigenvalue weighted by Crippen LogP contribution is -2.33. The average Bonchev–Trinajstić information content (AvgIpc) is 2.96. The van der Waals surface area contributed by atoms with Crippen LogP contribution < -0.4 is 4.90 Å². The third-order valence-electron chi connectivity index (χ3n) is 4.59. The Labute approximate surface area is 134 Å². The zero-order chi connectivity index (χ0) is 15.8. The van der Waals surface area contributed by atoms with Gasteiger partial charge in [-0.1, -0.05) is 12.1 Å². The van der Waals surface area contributed by atoms with Crippen LogP contribution in [-0.2, 0) is 0 Å². The summed E-state index contributed by atoms with van der Waals surface area (Å²) in [6.45, 7) is 3.87. The van der Waals surface area contributed by atoms with Gasteiger partial charge in [-0.15, -0.1) is 15.3 Å². The number of aromatic nitrogens is 4. The normalized spacial score (nSPS) is 16.1. The second kappa shape index (κ2) is 5.53. The van der Waals surface area contributed by atoms with Crippen LogP contribution in [0.5, 0.6) is 5.75 Å². The summed E-state index contributed by atoms with van der Waals surface area (Å²) in [4.78, 5) is 2.32. The molecule has 1 aliphatic heterocycles. The highest BCUT2D eigenvalue weighted by atomic mass is 16.3. The smallest absolute Gasteiger partial charge is 0.178 e. The maximum absolute atomic E-state index is 9.41. The first kappa shape index (κ1) is 14.0. The summed E-state index contributed by atoms with van der Waals surface area (Å²) in [5.74, 6) is 2.66. The first-order valence-electron chi connectivity index (χ1n) is 7.93. The van der Waals surface area contributed by atoms with Gasteiger partial charge >= 0.3 is 0 Å². The van der Waals surface area contributed by atoms with E-state index in [1.54, 1.807) is 16.6 Å². The average molecular weight is 309 g/mol. The Morgan fingerprint density at radius 2 is 1.74 bits per heavy atom. The Bertz CT molecular complexity index is 819. The minimum absolute atomic E-state index is 0.327. The van der Waals surface area contributed by atoms with E-state index in [2.05, 4.69) is 20.2 Å². The number of rotatable bonds is 2. The van der Waals surface area contributed by atoms with E-state index in [4.69, 9.17) is 0 Å². The van der Waals surface area contributed by atoms with Gasteiger partial charge in [-0.3, -0.25) is 0 Å². The highest BCUT2D eigenvalue weighted by molar-refractivity contribution is 5.46. The number of nitrogens with zero attached hydrogens (tertiary/aromatic N) is 5. The molecule has 6 heteroatoms. The van der Waals surface area contributed by atoms with E-state index in [-0.39, 0.29) is 0 Å². The van der Waals surface area contributed by atoms with Crippen LogP contribution in [0.25, 0.3) is 5.65 Å². The monoisotopic (exact) mass is 309 g/mol. The number of anilines is 1. The van der Waals surface area contributed by atoms with Crippen LogP contribution in [-0.4, -0.2) is 38.0 Å². The van der Waals surface area contributed by atoms with E-state index in [0.717, 1.165) is 43.2 Å². The van der Waals surface area contributed by atoms with Crippen molar-refractivity contribution in [2.75, 3.05) is 18.0 Å². The van der Waals surface area contributed by atoms with Crippen molar-refractivity contribution in [3.05, 3.63) is 47.8 Å². The number of piperidine rings is 1. The Morgan fingerprint density at radius 3 is 2.48 bits per heavy atom. The van der Waals surface area contributed by atoms with Crippen LogP contribution in [0.4, 0.5) is 5.82 Å². The van der Waals surface area contributed by atoms with Gasteiger partial charge in [0, 0.05) is 13.1 Å². The van der Waals surface area contributed by atoms with Crippen molar-refractivity contribution in [2.45, 2.75) is 25.7 Å². The Balaban J connectivity index is 1.49. The number of aryl methyl sites for hydroxylation is 1. The van der Waals surface area contributed by atoms with Gasteiger partial charge in [0.1, 0.15) is 11.6 Å². The predicted molar refractivity (Wildman–Crippen MR) is 87.8 cm³/mol. The van der Waals surface area contributed by atoms with Crippen molar-refractivity contribution in [1.82, 2.24) is 19.8 Å². The number of phenols is 1. The third kappa shape index (κ3) is 2.60. The molecule has 23 heavy (non-hydrogen) atoms. The van der Waals surface area contributed by atoms with Crippen LogP contribution in [0.3, 0.4) is 0 Å².